The molecule has 2 amide bonds. The van der Waals surface area contributed by atoms with E-state index in [4.69, 9.17) is 0 Å². The van der Waals surface area contributed by atoms with Crippen LogP contribution >= 0.6 is 0 Å². The van der Waals surface area contributed by atoms with Crippen LogP contribution in [-0.4, -0.2) is 39.8 Å². The Morgan fingerprint density at radius 3 is 2.59 bits per heavy atom. The summed E-state index contributed by atoms with van der Waals surface area (Å²) in [7, 11) is 1.81. The standard InChI is InChI=1S/C29H26FN5O2/c1-17-15-23-25(29(37)35(17)3)27(32-22-7-5-4-6-8-22)26(33-23)20-13-14-31-24(16-20)34-28(36)18(2)19-9-11-21(30)12-10-19/h4-14,16-17,32-33H,2,15H2,1,3H3,(H,31,34,36)/t17-/m1/s1. The molecule has 0 fully saturated rings. The van der Waals surface area contributed by atoms with Crippen molar-refractivity contribution in [1.82, 2.24) is 14.9 Å². The molecule has 4 aromatic rings. The number of nitrogens with one attached hydrogen (secondary N) is 3. The molecule has 0 saturated heterocycles. The molecule has 37 heavy (non-hydrogen) atoms. The van der Waals surface area contributed by atoms with Gasteiger partial charge in [-0.3, -0.25) is 9.59 Å². The van der Waals surface area contributed by atoms with Gasteiger partial charge in [-0.05, 0) is 48.9 Å². The minimum atomic E-state index is -0.449. The highest BCUT2D eigenvalue weighted by Gasteiger charge is 2.33. The van der Waals surface area contributed by atoms with Crippen LogP contribution in [0.3, 0.4) is 0 Å². The number of anilines is 3. The van der Waals surface area contributed by atoms with E-state index in [1.807, 2.05) is 50.4 Å². The van der Waals surface area contributed by atoms with Gasteiger partial charge in [0, 0.05) is 48.2 Å². The first-order valence-corrected chi connectivity index (χ1v) is 11.9. The fraction of sp³-hybridized carbons (Fsp3) is 0.138. The van der Waals surface area contributed by atoms with Crippen molar-refractivity contribution in [2.24, 2.45) is 0 Å². The molecule has 0 bridgehead atoms. The number of hydrogen-bond acceptors (Lipinski definition) is 4. The minimum absolute atomic E-state index is 0.0563. The molecule has 3 N–H and O–H groups in total. The number of fused-ring (bicyclic) bond motifs is 1. The Hall–Kier alpha value is -4.72. The lowest BCUT2D eigenvalue weighted by Crippen LogP contribution is -2.41. The third-order valence-electron chi connectivity index (χ3n) is 6.57. The van der Waals surface area contributed by atoms with Crippen LogP contribution in [0.2, 0.25) is 0 Å². The number of pyridine rings is 1. The Balaban J connectivity index is 1.50. The van der Waals surface area contributed by atoms with Crippen molar-refractivity contribution in [3.63, 3.8) is 0 Å². The van der Waals surface area contributed by atoms with Crippen LogP contribution in [0.25, 0.3) is 16.8 Å². The van der Waals surface area contributed by atoms with Gasteiger partial charge in [0.15, 0.2) is 0 Å². The molecule has 2 aromatic heterocycles. The Bertz CT molecular complexity index is 1490. The highest BCUT2D eigenvalue weighted by atomic mass is 19.1. The summed E-state index contributed by atoms with van der Waals surface area (Å²) in [5, 5.41) is 6.18. The predicted molar refractivity (Wildman–Crippen MR) is 143 cm³/mol. The summed E-state index contributed by atoms with van der Waals surface area (Å²) in [6.07, 6.45) is 2.28. The highest BCUT2D eigenvalue weighted by Crippen LogP contribution is 2.39. The Morgan fingerprint density at radius 1 is 1.14 bits per heavy atom. The fourth-order valence-corrected chi connectivity index (χ4v) is 4.39. The van der Waals surface area contributed by atoms with Gasteiger partial charge < -0.3 is 20.5 Å². The van der Waals surface area contributed by atoms with Crippen molar-refractivity contribution in [3.05, 3.63) is 102 Å². The summed E-state index contributed by atoms with van der Waals surface area (Å²) in [5.41, 5.74) is 5.15. The van der Waals surface area contributed by atoms with Crippen molar-refractivity contribution in [2.45, 2.75) is 19.4 Å². The topological polar surface area (TPSA) is 90.1 Å². The maximum absolute atomic E-state index is 13.3. The van der Waals surface area contributed by atoms with Crippen LogP contribution in [0.15, 0.2) is 79.5 Å². The van der Waals surface area contributed by atoms with E-state index in [1.165, 1.54) is 24.3 Å². The Labute approximate surface area is 214 Å². The number of nitrogens with zero attached hydrogens (tertiary/aromatic N) is 2. The van der Waals surface area contributed by atoms with Crippen molar-refractivity contribution < 1.29 is 14.0 Å². The smallest absolute Gasteiger partial charge is 0.257 e. The second-order valence-electron chi connectivity index (χ2n) is 9.06. The van der Waals surface area contributed by atoms with Gasteiger partial charge in [-0.1, -0.05) is 36.9 Å². The average molecular weight is 496 g/mol. The zero-order chi connectivity index (χ0) is 26.1. The fourth-order valence-electron chi connectivity index (χ4n) is 4.39. The van der Waals surface area contributed by atoms with Gasteiger partial charge >= 0.3 is 0 Å². The maximum Gasteiger partial charge on any atom is 0.257 e. The largest absolute Gasteiger partial charge is 0.356 e. The van der Waals surface area contributed by atoms with Gasteiger partial charge in [-0.2, -0.15) is 0 Å². The molecule has 2 aromatic carbocycles. The van der Waals surface area contributed by atoms with E-state index in [0.29, 0.717) is 29.1 Å². The second-order valence-corrected chi connectivity index (χ2v) is 9.06. The molecule has 0 spiro atoms. The number of rotatable bonds is 6. The van der Waals surface area contributed by atoms with E-state index < -0.39 is 5.91 Å². The number of para-hydroxylation sites is 1. The first-order chi connectivity index (χ1) is 17.8. The van der Waals surface area contributed by atoms with E-state index in [0.717, 1.165) is 22.6 Å². The van der Waals surface area contributed by atoms with E-state index in [1.54, 1.807) is 17.2 Å². The first kappa shape index (κ1) is 24.0. The third-order valence-corrected chi connectivity index (χ3v) is 6.57. The van der Waals surface area contributed by atoms with E-state index >= 15 is 0 Å². The molecule has 1 atom stereocenters. The number of carbonyl (C=O) groups is 2. The molecule has 0 saturated carbocycles. The van der Waals surface area contributed by atoms with Crippen molar-refractivity contribution in [3.8, 4) is 11.3 Å². The second kappa shape index (κ2) is 9.73. The number of H-pyrrole nitrogens is 1. The lowest BCUT2D eigenvalue weighted by Gasteiger charge is -2.30. The molecule has 0 aliphatic carbocycles. The zero-order valence-corrected chi connectivity index (χ0v) is 20.5. The number of aromatic nitrogens is 2. The third kappa shape index (κ3) is 4.73. The number of aromatic amines is 1. The summed E-state index contributed by atoms with van der Waals surface area (Å²) < 4.78 is 13.3. The predicted octanol–water partition coefficient (Wildman–Crippen LogP) is 5.63. The number of amides is 2. The van der Waals surface area contributed by atoms with Gasteiger partial charge in [0.25, 0.3) is 11.8 Å². The molecule has 0 radical (unpaired) electrons. The number of halogens is 1. The molecular weight excluding hydrogens is 469 g/mol. The number of benzene rings is 2. The van der Waals surface area contributed by atoms with Crippen molar-refractivity contribution in [1.29, 1.82) is 0 Å². The summed E-state index contributed by atoms with van der Waals surface area (Å²) in [6, 6.07) is 18.8. The van der Waals surface area contributed by atoms with Crippen LogP contribution < -0.4 is 10.6 Å². The van der Waals surface area contributed by atoms with E-state index in [9.17, 15) is 14.0 Å². The molecule has 1 aliphatic heterocycles. The van der Waals surface area contributed by atoms with Gasteiger partial charge in [0.2, 0.25) is 0 Å². The quantitative estimate of drug-likeness (QED) is 0.303. The molecule has 7 nitrogen and oxygen atoms in total. The maximum atomic E-state index is 13.3. The lowest BCUT2D eigenvalue weighted by atomic mass is 9.99. The summed E-state index contributed by atoms with van der Waals surface area (Å²) in [5.74, 6) is -0.581. The van der Waals surface area contributed by atoms with Gasteiger partial charge in [-0.15, -0.1) is 0 Å². The number of carbonyl (C=O) groups excluding carboxylic acids is 2. The van der Waals surface area contributed by atoms with Crippen LogP contribution in [0.5, 0.6) is 0 Å². The molecule has 3 heterocycles. The average Bonchev–Trinajstić information content (AvgIpc) is 3.25. The normalized spacial score (nSPS) is 14.7. The Morgan fingerprint density at radius 2 is 1.86 bits per heavy atom. The molecule has 5 rings (SSSR count). The first-order valence-electron chi connectivity index (χ1n) is 11.9. The van der Waals surface area contributed by atoms with Crippen LogP contribution in [0, 0.1) is 5.82 Å². The molecule has 186 valence electrons. The molecule has 0 unspecified atom stereocenters. The van der Waals surface area contributed by atoms with Crippen LogP contribution in [0.1, 0.15) is 28.5 Å². The monoisotopic (exact) mass is 495 g/mol. The van der Waals surface area contributed by atoms with Crippen LogP contribution in [0.4, 0.5) is 21.6 Å². The van der Waals surface area contributed by atoms with Crippen LogP contribution in [-0.2, 0) is 11.2 Å². The summed E-state index contributed by atoms with van der Waals surface area (Å²) in [4.78, 5) is 35.6. The Kier molecular flexibility index (Phi) is 6.31. The van der Waals surface area contributed by atoms with Gasteiger partial charge in [0.05, 0.1) is 16.9 Å². The zero-order valence-electron chi connectivity index (χ0n) is 20.5. The molecule has 1 aliphatic rings. The van der Waals surface area contributed by atoms with Crippen molar-refractivity contribution in [2.75, 3.05) is 17.7 Å². The SMILES string of the molecule is C=C(C(=O)Nc1cc(-c2[nH]c3c(c2Nc2ccccc2)C(=O)N(C)[C@H](C)C3)ccn1)c1ccc(F)cc1. The van der Waals surface area contributed by atoms with E-state index in [-0.39, 0.29) is 23.3 Å². The molecule has 8 heteroatoms. The van der Waals surface area contributed by atoms with Gasteiger partial charge in [-0.25, -0.2) is 9.37 Å². The van der Waals surface area contributed by atoms with Gasteiger partial charge in [0.1, 0.15) is 11.6 Å². The van der Waals surface area contributed by atoms with E-state index in [2.05, 4.69) is 27.2 Å². The summed E-state index contributed by atoms with van der Waals surface area (Å²) >= 11 is 0. The number of hydrogen-bond donors (Lipinski definition) is 3. The van der Waals surface area contributed by atoms with Crippen molar-refractivity contribution >= 4 is 34.6 Å². The minimum Gasteiger partial charge on any atom is -0.356 e. The lowest BCUT2D eigenvalue weighted by molar-refractivity contribution is -0.111. The highest BCUT2D eigenvalue weighted by molar-refractivity contribution is 6.24. The summed E-state index contributed by atoms with van der Waals surface area (Å²) in [6.45, 7) is 5.85. The number of likely N-dealkylation sites (N-methyl/N-ethyl adjacent to an activating group) is 1. The molecular formula is C29H26FN5O2.